The van der Waals surface area contributed by atoms with E-state index in [-0.39, 0.29) is 18.4 Å². The number of methoxy groups -OCH3 is 1. The van der Waals surface area contributed by atoms with Crippen LogP contribution in [0.25, 0.3) is 0 Å². The lowest BCUT2D eigenvalue weighted by atomic mass is 10.0. The third-order valence-electron chi connectivity index (χ3n) is 2.35. The molecule has 1 atom stereocenters. The first-order chi connectivity index (χ1) is 8.08. The Morgan fingerprint density at radius 1 is 1.65 bits per heavy atom. The van der Waals surface area contributed by atoms with E-state index in [9.17, 15) is 14.3 Å². The van der Waals surface area contributed by atoms with Crippen LogP contribution in [0.15, 0.2) is 18.2 Å². The van der Waals surface area contributed by atoms with Crippen LogP contribution in [-0.2, 0) is 9.53 Å². The monoisotopic (exact) mass is 237 g/mol. The van der Waals surface area contributed by atoms with Crippen molar-refractivity contribution >= 4 is 5.97 Å². The Bertz CT molecular complexity index is 454. The molecule has 1 N–H and O–H groups in total. The SMILES string of the molecule is COC(=O)CCC(O)c1ccc(F)c(C#N)c1. The predicted octanol–water partition coefficient (Wildman–Crippen LogP) is 1.68. The number of nitrogens with zero attached hydrogens (tertiary/aromatic N) is 1. The molecule has 0 aliphatic carbocycles. The van der Waals surface area contributed by atoms with Crippen molar-refractivity contribution in [1.29, 1.82) is 5.26 Å². The number of aliphatic hydroxyl groups is 1. The van der Waals surface area contributed by atoms with Crippen LogP contribution < -0.4 is 0 Å². The van der Waals surface area contributed by atoms with Crippen molar-refractivity contribution in [1.82, 2.24) is 0 Å². The highest BCUT2D eigenvalue weighted by Gasteiger charge is 2.12. The molecule has 0 bridgehead atoms. The zero-order valence-electron chi connectivity index (χ0n) is 9.31. The largest absolute Gasteiger partial charge is 0.469 e. The van der Waals surface area contributed by atoms with Gasteiger partial charge in [0.25, 0.3) is 0 Å². The standard InChI is InChI=1S/C12H12FNO3/c1-17-12(16)5-4-11(15)8-2-3-10(13)9(6-8)7-14/h2-3,6,11,15H,4-5H2,1H3. The van der Waals surface area contributed by atoms with Crippen LogP contribution in [0.5, 0.6) is 0 Å². The fourth-order valence-electron chi connectivity index (χ4n) is 1.36. The second-order valence-corrected chi connectivity index (χ2v) is 3.48. The molecule has 0 radical (unpaired) electrons. The summed E-state index contributed by atoms with van der Waals surface area (Å²) >= 11 is 0. The Kier molecular flexibility index (Phi) is 4.61. The topological polar surface area (TPSA) is 70.3 Å². The molecular formula is C12H12FNO3. The van der Waals surface area contributed by atoms with Gasteiger partial charge in [0.05, 0.1) is 18.8 Å². The number of rotatable bonds is 4. The van der Waals surface area contributed by atoms with Crippen molar-refractivity contribution in [3.63, 3.8) is 0 Å². The molecule has 0 saturated carbocycles. The van der Waals surface area contributed by atoms with Crippen LogP contribution in [0.1, 0.15) is 30.1 Å². The van der Waals surface area contributed by atoms with E-state index < -0.39 is 17.9 Å². The van der Waals surface area contributed by atoms with Gasteiger partial charge in [-0.3, -0.25) is 4.79 Å². The van der Waals surface area contributed by atoms with Gasteiger partial charge < -0.3 is 9.84 Å². The van der Waals surface area contributed by atoms with Crippen molar-refractivity contribution in [2.24, 2.45) is 0 Å². The van der Waals surface area contributed by atoms with Crippen LogP contribution in [0, 0.1) is 17.1 Å². The Labute approximate surface area is 98.2 Å². The third kappa shape index (κ3) is 3.54. The Morgan fingerprint density at radius 2 is 2.35 bits per heavy atom. The van der Waals surface area contributed by atoms with Gasteiger partial charge in [0, 0.05) is 6.42 Å². The molecule has 0 spiro atoms. The number of carbonyl (C=O) groups excluding carboxylic acids is 1. The molecule has 0 aliphatic heterocycles. The van der Waals surface area contributed by atoms with Gasteiger partial charge in [-0.05, 0) is 24.1 Å². The number of ether oxygens (including phenoxy) is 1. The average Bonchev–Trinajstić information content (AvgIpc) is 2.35. The number of aliphatic hydroxyl groups excluding tert-OH is 1. The summed E-state index contributed by atoms with van der Waals surface area (Å²) < 4.78 is 17.5. The molecule has 5 heteroatoms. The lowest BCUT2D eigenvalue weighted by Gasteiger charge is -2.10. The highest BCUT2D eigenvalue weighted by atomic mass is 19.1. The minimum Gasteiger partial charge on any atom is -0.469 e. The summed E-state index contributed by atoms with van der Waals surface area (Å²) in [7, 11) is 1.26. The number of carbonyl (C=O) groups is 1. The first-order valence-electron chi connectivity index (χ1n) is 5.03. The van der Waals surface area contributed by atoms with Gasteiger partial charge >= 0.3 is 5.97 Å². The Morgan fingerprint density at radius 3 is 2.94 bits per heavy atom. The van der Waals surface area contributed by atoms with Gasteiger partial charge in [0.2, 0.25) is 0 Å². The minimum atomic E-state index is -0.915. The number of nitriles is 1. The smallest absolute Gasteiger partial charge is 0.305 e. The summed E-state index contributed by atoms with van der Waals surface area (Å²) in [5, 5.41) is 18.4. The number of halogens is 1. The van der Waals surface area contributed by atoms with Crippen LogP contribution in [0.2, 0.25) is 0 Å². The van der Waals surface area contributed by atoms with Crippen LogP contribution in [-0.4, -0.2) is 18.2 Å². The quantitative estimate of drug-likeness (QED) is 0.809. The first-order valence-corrected chi connectivity index (χ1v) is 5.03. The van der Waals surface area contributed by atoms with Gasteiger partial charge in [-0.15, -0.1) is 0 Å². The molecular weight excluding hydrogens is 225 g/mol. The molecule has 0 aromatic heterocycles. The average molecular weight is 237 g/mol. The second kappa shape index (κ2) is 5.97. The van der Waals surface area contributed by atoms with Gasteiger partial charge in [-0.2, -0.15) is 5.26 Å². The molecule has 0 saturated heterocycles. The molecule has 1 aromatic carbocycles. The minimum absolute atomic E-state index is 0.0664. The van der Waals surface area contributed by atoms with E-state index in [4.69, 9.17) is 5.26 Å². The zero-order chi connectivity index (χ0) is 12.8. The second-order valence-electron chi connectivity index (χ2n) is 3.48. The lowest BCUT2D eigenvalue weighted by molar-refractivity contribution is -0.141. The normalized spacial score (nSPS) is 11.6. The molecule has 1 unspecified atom stereocenters. The highest BCUT2D eigenvalue weighted by Crippen LogP contribution is 2.20. The number of hydrogen-bond acceptors (Lipinski definition) is 4. The van der Waals surface area contributed by atoms with E-state index in [2.05, 4.69) is 4.74 Å². The van der Waals surface area contributed by atoms with E-state index >= 15 is 0 Å². The van der Waals surface area contributed by atoms with Crippen molar-refractivity contribution in [3.8, 4) is 6.07 Å². The van der Waals surface area contributed by atoms with E-state index in [1.165, 1.54) is 19.2 Å². The number of hydrogen-bond donors (Lipinski definition) is 1. The third-order valence-corrected chi connectivity index (χ3v) is 2.35. The fraction of sp³-hybridized carbons (Fsp3) is 0.333. The number of benzene rings is 1. The van der Waals surface area contributed by atoms with Crippen molar-refractivity contribution in [2.45, 2.75) is 18.9 Å². The highest BCUT2D eigenvalue weighted by molar-refractivity contribution is 5.69. The summed E-state index contributed by atoms with van der Waals surface area (Å²) in [6.07, 6.45) is -0.679. The van der Waals surface area contributed by atoms with Crippen molar-refractivity contribution < 1.29 is 19.0 Å². The van der Waals surface area contributed by atoms with Gasteiger partial charge in [0.15, 0.2) is 0 Å². The predicted molar refractivity (Wildman–Crippen MR) is 57.3 cm³/mol. The number of esters is 1. The maximum atomic E-state index is 13.0. The van der Waals surface area contributed by atoms with Crippen LogP contribution in [0.4, 0.5) is 4.39 Å². The van der Waals surface area contributed by atoms with Gasteiger partial charge in [-0.25, -0.2) is 4.39 Å². The molecule has 0 amide bonds. The summed E-state index contributed by atoms with van der Waals surface area (Å²) in [5.41, 5.74) is 0.284. The van der Waals surface area contributed by atoms with Crippen molar-refractivity contribution in [3.05, 3.63) is 35.1 Å². The molecule has 90 valence electrons. The van der Waals surface area contributed by atoms with E-state index in [1.54, 1.807) is 6.07 Å². The first kappa shape index (κ1) is 13.1. The lowest BCUT2D eigenvalue weighted by Crippen LogP contribution is -2.05. The molecule has 0 heterocycles. The zero-order valence-corrected chi connectivity index (χ0v) is 9.31. The molecule has 0 aliphatic rings. The Balaban J connectivity index is 2.73. The van der Waals surface area contributed by atoms with E-state index in [1.807, 2.05) is 0 Å². The van der Waals surface area contributed by atoms with Crippen molar-refractivity contribution in [2.75, 3.05) is 7.11 Å². The summed E-state index contributed by atoms with van der Waals surface area (Å²) in [6, 6.07) is 5.47. The molecule has 17 heavy (non-hydrogen) atoms. The molecule has 0 fully saturated rings. The Hall–Kier alpha value is -1.93. The van der Waals surface area contributed by atoms with Crippen LogP contribution in [0.3, 0.4) is 0 Å². The van der Waals surface area contributed by atoms with E-state index in [0.29, 0.717) is 5.56 Å². The van der Waals surface area contributed by atoms with Crippen LogP contribution >= 0.6 is 0 Å². The summed E-state index contributed by atoms with van der Waals surface area (Å²) in [4.78, 5) is 10.9. The molecule has 4 nitrogen and oxygen atoms in total. The fourth-order valence-corrected chi connectivity index (χ4v) is 1.36. The van der Waals surface area contributed by atoms with E-state index in [0.717, 1.165) is 6.07 Å². The molecule has 1 aromatic rings. The molecule has 1 rings (SSSR count). The van der Waals surface area contributed by atoms with Gasteiger partial charge in [0.1, 0.15) is 11.9 Å². The van der Waals surface area contributed by atoms with Gasteiger partial charge in [-0.1, -0.05) is 6.07 Å². The maximum Gasteiger partial charge on any atom is 0.305 e. The summed E-state index contributed by atoms with van der Waals surface area (Å²) in [6.45, 7) is 0. The summed E-state index contributed by atoms with van der Waals surface area (Å²) in [5.74, 6) is -1.05. The maximum absolute atomic E-state index is 13.0.